The number of carbonyl (C=O) groups excluding carboxylic acids is 2. The van der Waals surface area contributed by atoms with Crippen LogP contribution in [0.2, 0.25) is 0 Å². The van der Waals surface area contributed by atoms with E-state index in [1.807, 2.05) is 13.8 Å². The van der Waals surface area contributed by atoms with E-state index in [9.17, 15) is 31.5 Å². The summed E-state index contributed by atoms with van der Waals surface area (Å²) in [5.74, 6) is -4.17. The molecular weight excluding hydrogens is 479 g/mol. The molecule has 11 heteroatoms. The van der Waals surface area contributed by atoms with Gasteiger partial charge >= 0.3 is 6.18 Å². The molecule has 0 aliphatic carbocycles. The predicted molar refractivity (Wildman–Crippen MR) is 114 cm³/mol. The van der Waals surface area contributed by atoms with Gasteiger partial charge in [-0.05, 0) is 43.5 Å². The van der Waals surface area contributed by atoms with Crippen molar-refractivity contribution < 1.29 is 36.3 Å². The Morgan fingerprint density at radius 2 is 1.88 bits per heavy atom. The molecule has 0 saturated carbocycles. The average Bonchev–Trinajstić information content (AvgIpc) is 3.32. The fourth-order valence-electron chi connectivity index (χ4n) is 4.37. The third kappa shape index (κ3) is 4.81. The Hall–Kier alpha value is -2.53. The molecule has 4 rings (SSSR count). The number of alkyl halides is 3. The number of nitrogens with zero attached hydrogens (tertiary/aromatic N) is 1. The quantitative estimate of drug-likeness (QED) is 0.603. The van der Waals surface area contributed by atoms with E-state index in [1.165, 1.54) is 16.2 Å². The number of nitrogens with one attached hydrogen (secondary N) is 1. The van der Waals surface area contributed by atoms with E-state index in [-0.39, 0.29) is 36.7 Å². The van der Waals surface area contributed by atoms with E-state index >= 15 is 0 Å². The maximum Gasteiger partial charge on any atom is 0.419 e. The zero-order valence-electron chi connectivity index (χ0n) is 18.4. The number of aryl methyl sites for hydroxylation is 1. The van der Waals surface area contributed by atoms with E-state index < -0.39 is 47.3 Å². The molecule has 3 heterocycles. The van der Waals surface area contributed by atoms with Crippen molar-refractivity contribution >= 4 is 23.2 Å². The van der Waals surface area contributed by atoms with Gasteiger partial charge in [0.05, 0.1) is 29.7 Å². The molecule has 0 spiro atoms. The summed E-state index contributed by atoms with van der Waals surface area (Å²) in [6.07, 6.45) is -4.68. The Balaban J connectivity index is 1.60. The maximum atomic E-state index is 14.7. The summed E-state index contributed by atoms with van der Waals surface area (Å²) >= 11 is 1.31. The molecule has 1 aromatic carbocycles. The lowest BCUT2D eigenvalue weighted by Crippen LogP contribution is -2.50. The number of hydrogen-bond donors (Lipinski definition) is 1. The lowest BCUT2D eigenvalue weighted by molar-refractivity contribution is -0.140. The SMILES string of the molecule is Cc1ccc(C(=O)N2C[C@H](C)C[C@@H]2C(=O)N[C@@H](c2cc(F)c(C(F)(F)F)cc2F)C2COC2)s1. The summed E-state index contributed by atoms with van der Waals surface area (Å²) in [5, 5.41) is 2.67. The van der Waals surface area contributed by atoms with Crippen LogP contribution in [0.4, 0.5) is 22.0 Å². The first-order chi connectivity index (χ1) is 16.0. The number of benzene rings is 1. The number of halogens is 5. The minimum Gasteiger partial charge on any atom is -0.381 e. The van der Waals surface area contributed by atoms with E-state index in [4.69, 9.17) is 4.74 Å². The van der Waals surface area contributed by atoms with Crippen molar-refractivity contribution in [2.75, 3.05) is 19.8 Å². The van der Waals surface area contributed by atoms with Crippen LogP contribution >= 0.6 is 11.3 Å². The molecule has 0 bridgehead atoms. The molecule has 1 aromatic heterocycles. The van der Waals surface area contributed by atoms with Gasteiger partial charge in [0.2, 0.25) is 5.91 Å². The fraction of sp³-hybridized carbons (Fsp3) is 0.478. The molecule has 34 heavy (non-hydrogen) atoms. The average molecular weight is 503 g/mol. The van der Waals surface area contributed by atoms with Crippen LogP contribution in [-0.4, -0.2) is 42.5 Å². The van der Waals surface area contributed by atoms with Crippen molar-refractivity contribution in [3.05, 3.63) is 56.8 Å². The first kappa shape index (κ1) is 24.6. The van der Waals surface area contributed by atoms with E-state index in [1.54, 1.807) is 12.1 Å². The molecular formula is C23H23F5N2O3S. The first-order valence-electron chi connectivity index (χ1n) is 10.8. The van der Waals surface area contributed by atoms with Crippen LogP contribution < -0.4 is 5.32 Å². The highest BCUT2D eigenvalue weighted by molar-refractivity contribution is 7.13. The van der Waals surface area contributed by atoms with Crippen molar-refractivity contribution in [1.29, 1.82) is 0 Å². The van der Waals surface area contributed by atoms with Gasteiger partial charge in [-0.2, -0.15) is 13.2 Å². The molecule has 2 fully saturated rings. The van der Waals surface area contributed by atoms with Crippen LogP contribution in [0.15, 0.2) is 24.3 Å². The molecule has 2 aliphatic rings. The highest BCUT2D eigenvalue weighted by Crippen LogP contribution is 2.37. The second-order valence-electron chi connectivity index (χ2n) is 8.86. The van der Waals surface area contributed by atoms with Crippen molar-refractivity contribution in [2.24, 2.45) is 11.8 Å². The van der Waals surface area contributed by atoms with Gasteiger partial charge in [-0.25, -0.2) is 8.78 Å². The van der Waals surface area contributed by atoms with Crippen LogP contribution in [0.25, 0.3) is 0 Å². The van der Waals surface area contributed by atoms with Gasteiger partial charge in [-0.1, -0.05) is 6.92 Å². The van der Waals surface area contributed by atoms with Gasteiger partial charge in [0.1, 0.15) is 17.7 Å². The maximum absolute atomic E-state index is 14.7. The molecule has 0 radical (unpaired) electrons. The first-order valence-corrected chi connectivity index (χ1v) is 11.6. The smallest absolute Gasteiger partial charge is 0.381 e. The number of amides is 2. The zero-order valence-corrected chi connectivity index (χ0v) is 19.2. The Labute approximate surface area is 196 Å². The standard InChI is InChI=1S/C23H23F5N2O3S/c1-11-5-18(30(8-11)22(32)19-4-3-12(2)34-19)21(31)29-20(13-9-33-10-13)14-6-17(25)15(7-16(14)24)23(26,27)28/h3-4,6-7,11,13,18,20H,5,8-10H2,1-2H3,(H,29,31)/t11-,18-,20-/m1/s1. The second-order valence-corrected chi connectivity index (χ2v) is 10.1. The minimum absolute atomic E-state index is 0.0338. The number of hydrogen-bond acceptors (Lipinski definition) is 4. The third-order valence-corrected chi connectivity index (χ3v) is 7.17. The molecule has 2 aliphatic heterocycles. The number of ether oxygens (including phenoxy) is 1. The Bertz CT molecular complexity index is 1100. The highest BCUT2D eigenvalue weighted by atomic mass is 32.1. The van der Waals surface area contributed by atoms with Crippen LogP contribution in [0.3, 0.4) is 0 Å². The number of carbonyl (C=O) groups is 2. The molecule has 3 atom stereocenters. The monoisotopic (exact) mass is 502 g/mol. The van der Waals surface area contributed by atoms with Crippen LogP contribution in [0.5, 0.6) is 0 Å². The van der Waals surface area contributed by atoms with E-state index in [0.29, 0.717) is 23.9 Å². The number of thiophene rings is 1. The van der Waals surface area contributed by atoms with Gasteiger partial charge < -0.3 is 15.0 Å². The predicted octanol–water partition coefficient (Wildman–Crippen LogP) is 4.71. The number of likely N-dealkylation sites (tertiary alicyclic amines) is 1. The summed E-state index contributed by atoms with van der Waals surface area (Å²) in [5.41, 5.74) is -2.10. The van der Waals surface area contributed by atoms with Gasteiger partial charge in [-0.3, -0.25) is 9.59 Å². The Morgan fingerprint density at radius 1 is 1.18 bits per heavy atom. The molecule has 1 N–H and O–H groups in total. The highest BCUT2D eigenvalue weighted by Gasteiger charge is 2.42. The van der Waals surface area contributed by atoms with Gasteiger partial charge in [0.25, 0.3) is 5.91 Å². The lowest BCUT2D eigenvalue weighted by Gasteiger charge is -2.36. The lowest BCUT2D eigenvalue weighted by atomic mass is 9.89. The zero-order chi connectivity index (χ0) is 24.8. The van der Waals surface area contributed by atoms with Crippen molar-refractivity contribution in [3.8, 4) is 0 Å². The Morgan fingerprint density at radius 3 is 2.44 bits per heavy atom. The second kappa shape index (κ2) is 9.26. The van der Waals surface area contributed by atoms with Gasteiger partial charge in [0.15, 0.2) is 0 Å². The van der Waals surface area contributed by atoms with Crippen molar-refractivity contribution in [3.63, 3.8) is 0 Å². The molecule has 0 unspecified atom stereocenters. The van der Waals surface area contributed by atoms with Gasteiger partial charge in [0, 0.05) is 22.9 Å². The topological polar surface area (TPSA) is 58.6 Å². The molecule has 2 amide bonds. The largest absolute Gasteiger partial charge is 0.419 e. The molecule has 184 valence electrons. The summed E-state index contributed by atoms with van der Waals surface area (Å²) in [6, 6.07) is 2.15. The summed E-state index contributed by atoms with van der Waals surface area (Å²) in [7, 11) is 0. The van der Waals surface area contributed by atoms with Crippen LogP contribution in [0.1, 0.15) is 45.1 Å². The molecule has 5 nitrogen and oxygen atoms in total. The number of rotatable bonds is 5. The normalized spacial score (nSPS) is 21.9. The molecule has 2 saturated heterocycles. The summed E-state index contributed by atoms with van der Waals surface area (Å²) < 4.78 is 73.0. The van der Waals surface area contributed by atoms with Crippen molar-refractivity contribution in [1.82, 2.24) is 10.2 Å². The summed E-state index contributed by atoms with van der Waals surface area (Å²) in [6.45, 7) is 4.38. The minimum atomic E-state index is -5.05. The fourth-order valence-corrected chi connectivity index (χ4v) is 5.20. The van der Waals surface area contributed by atoms with Crippen LogP contribution in [0, 0.1) is 30.4 Å². The van der Waals surface area contributed by atoms with E-state index in [2.05, 4.69) is 5.32 Å². The third-order valence-electron chi connectivity index (χ3n) is 6.18. The van der Waals surface area contributed by atoms with Crippen LogP contribution in [-0.2, 0) is 15.7 Å². The Kier molecular flexibility index (Phi) is 6.69. The van der Waals surface area contributed by atoms with E-state index in [0.717, 1.165) is 4.88 Å². The molecule has 2 aromatic rings. The summed E-state index contributed by atoms with van der Waals surface area (Å²) in [4.78, 5) is 29.2. The van der Waals surface area contributed by atoms with Crippen molar-refractivity contribution in [2.45, 2.75) is 38.5 Å². The van der Waals surface area contributed by atoms with Gasteiger partial charge in [-0.15, -0.1) is 11.3 Å².